The van der Waals surface area contributed by atoms with E-state index in [1.807, 2.05) is 12.3 Å². The molecule has 1 aromatic carbocycles. The zero-order valence-electron chi connectivity index (χ0n) is 12.6. The van der Waals surface area contributed by atoms with Crippen molar-refractivity contribution in [1.29, 1.82) is 0 Å². The normalized spacial score (nSPS) is 14.9. The number of nitrogens with zero attached hydrogens (tertiary/aromatic N) is 2. The summed E-state index contributed by atoms with van der Waals surface area (Å²) in [5.41, 5.74) is 3.21. The molecular formula is C16H18FN3OS. The number of benzene rings is 1. The Kier molecular flexibility index (Phi) is 4.31. The van der Waals surface area contributed by atoms with Crippen LogP contribution in [0, 0.1) is 12.7 Å². The molecule has 0 bridgehead atoms. The fraction of sp³-hybridized carbons (Fsp3) is 0.375. The van der Waals surface area contributed by atoms with Gasteiger partial charge in [0.1, 0.15) is 5.82 Å². The van der Waals surface area contributed by atoms with Crippen LogP contribution in [0.3, 0.4) is 0 Å². The van der Waals surface area contributed by atoms with Gasteiger partial charge in [-0.1, -0.05) is 23.9 Å². The Morgan fingerprint density at radius 1 is 1.45 bits per heavy atom. The molecule has 1 aliphatic rings. The van der Waals surface area contributed by atoms with Crippen LogP contribution in [-0.2, 0) is 19.5 Å². The fourth-order valence-electron chi connectivity index (χ4n) is 2.75. The summed E-state index contributed by atoms with van der Waals surface area (Å²) in [5, 5.41) is 0.665. The highest BCUT2D eigenvalue weighted by Gasteiger charge is 2.21. The molecule has 0 amide bonds. The van der Waals surface area contributed by atoms with E-state index >= 15 is 0 Å². The Morgan fingerprint density at radius 3 is 3.05 bits per heavy atom. The lowest BCUT2D eigenvalue weighted by Gasteiger charge is -2.28. The molecular weight excluding hydrogens is 301 g/mol. The highest BCUT2D eigenvalue weighted by molar-refractivity contribution is 7.98. The van der Waals surface area contributed by atoms with E-state index in [0.29, 0.717) is 23.8 Å². The zero-order valence-corrected chi connectivity index (χ0v) is 13.5. The third-order valence-corrected chi connectivity index (χ3v) is 4.67. The predicted octanol–water partition coefficient (Wildman–Crippen LogP) is 2.50. The molecule has 0 unspecified atom stereocenters. The quantitative estimate of drug-likeness (QED) is 0.697. The average Bonchev–Trinajstić information content (AvgIpc) is 2.52. The van der Waals surface area contributed by atoms with Crippen molar-refractivity contribution in [3.05, 3.63) is 56.8 Å². The lowest BCUT2D eigenvalue weighted by atomic mass is 10.0. The minimum atomic E-state index is -0.181. The highest BCUT2D eigenvalue weighted by Crippen LogP contribution is 2.20. The van der Waals surface area contributed by atoms with E-state index in [1.54, 1.807) is 13.0 Å². The van der Waals surface area contributed by atoms with Crippen LogP contribution >= 0.6 is 11.8 Å². The van der Waals surface area contributed by atoms with Crippen LogP contribution in [0.2, 0.25) is 0 Å². The van der Waals surface area contributed by atoms with Crippen molar-refractivity contribution in [2.24, 2.45) is 0 Å². The van der Waals surface area contributed by atoms with Gasteiger partial charge in [-0.05, 0) is 30.4 Å². The van der Waals surface area contributed by atoms with Gasteiger partial charge < -0.3 is 4.98 Å². The van der Waals surface area contributed by atoms with Crippen LogP contribution in [-0.4, -0.2) is 27.7 Å². The van der Waals surface area contributed by atoms with Gasteiger partial charge in [-0.15, -0.1) is 0 Å². The van der Waals surface area contributed by atoms with E-state index in [2.05, 4.69) is 14.9 Å². The molecule has 0 fully saturated rings. The molecule has 0 atom stereocenters. The molecule has 0 saturated heterocycles. The minimum absolute atomic E-state index is 0.0602. The molecule has 0 spiro atoms. The molecule has 0 radical (unpaired) electrons. The topological polar surface area (TPSA) is 49.0 Å². The van der Waals surface area contributed by atoms with Crippen molar-refractivity contribution >= 4 is 11.8 Å². The molecule has 1 N–H and O–H groups in total. The van der Waals surface area contributed by atoms with Crippen LogP contribution in [0.15, 0.2) is 28.2 Å². The Hall–Kier alpha value is -1.66. The van der Waals surface area contributed by atoms with Gasteiger partial charge in [0.05, 0.1) is 11.3 Å². The Labute approximate surface area is 132 Å². The maximum atomic E-state index is 13.6. The van der Waals surface area contributed by atoms with Gasteiger partial charge in [0.15, 0.2) is 5.16 Å². The van der Waals surface area contributed by atoms with E-state index in [4.69, 9.17) is 0 Å². The smallest absolute Gasteiger partial charge is 0.256 e. The summed E-state index contributed by atoms with van der Waals surface area (Å²) in [4.78, 5) is 21.6. The first-order valence-corrected chi connectivity index (χ1v) is 8.43. The number of H-pyrrole nitrogens is 1. The molecule has 6 heteroatoms. The summed E-state index contributed by atoms with van der Waals surface area (Å²) in [6.07, 6.45) is 2.65. The van der Waals surface area contributed by atoms with Crippen molar-refractivity contribution in [2.45, 2.75) is 31.6 Å². The third kappa shape index (κ3) is 2.94. The Balaban J connectivity index is 1.83. The third-order valence-electron chi connectivity index (χ3n) is 4.09. The average molecular weight is 319 g/mol. The summed E-state index contributed by atoms with van der Waals surface area (Å²) in [7, 11) is 0. The predicted molar refractivity (Wildman–Crippen MR) is 85.6 cm³/mol. The molecule has 1 aromatic heterocycles. The van der Waals surface area contributed by atoms with Crippen LogP contribution in [0.25, 0.3) is 0 Å². The number of thioether (sulfide) groups is 1. The van der Waals surface area contributed by atoms with Crippen LogP contribution in [0.1, 0.15) is 22.4 Å². The van der Waals surface area contributed by atoms with Crippen molar-refractivity contribution < 1.29 is 4.39 Å². The number of rotatable bonds is 3. The van der Waals surface area contributed by atoms with E-state index < -0.39 is 0 Å². The van der Waals surface area contributed by atoms with E-state index in [1.165, 1.54) is 17.8 Å². The monoisotopic (exact) mass is 319 g/mol. The molecule has 116 valence electrons. The number of nitrogens with one attached hydrogen (secondary N) is 1. The van der Waals surface area contributed by atoms with Crippen molar-refractivity contribution in [3.8, 4) is 0 Å². The number of halogens is 1. The summed E-state index contributed by atoms with van der Waals surface area (Å²) in [6, 6.07) is 5.14. The first-order valence-electron chi connectivity index (χ1n) is 7.21. The molecule has 0 aliphatic carbocycles. The lowest BCUT2D eigenvalue weighted by Crippen LogP contribution is -2.35. The number of fused-ring (bicyclic) bond motifs is 1. The van der Waals surface area contributed by atoms with Gasteiger partial charge in [-0.25, -0.2) is 9.37 Å². The van der Waals surface area contributed by atoms with Gasteiger partial charge in [0, 0.05) is 26.1 Å². The maximum Gasteiger partial charge on any atom is 0.256 e. The minimum Gasteiger partial charge on any atom is -0.301 e. The maximum absolute atomic E-state index is 13.6. The second-order valence-corrected chi connectivity index (χ2v) is 6.28. The number of hydrogen-bond acceptors (Lipinski definition) is 4. The first-order chi connectivity index (χ1) is 10.6. The van der Waals surface area contributed by atoms with Gasteiger partial charge in [-0.3, -0.25) is 9.69 Å². The second-order valence-electron chi connectivity index (χ2n) is 5.49. The Morgan fingerprint density at radius 2 is 2.27 bits per heavy atom. The van der Waals surface area contributed by atoms with Crippen molar-refractivity contribution in [2.75, 3.05) is 12.8 Å². The van der Waals surface area contributed by atoms with Gasteiger partial charge in [0.2, 0.25) is 0 Å². The molecule has 0 saturated carbocycles. The van der Waals surface area contributed by atoms with Crippen LogP contribution in [0.5, 0.6) is 0 Å². The van der Waals surface area contributed by atoms with E-state index in [9.17, 15) is 9.18 Å². The SMILES string of the molecule is CSc1nc2c(c(=O)[nH]1)CN(Cc1cccc(F)c1C)CC2. The fourth-order valence-corrected chi connectivity index (χ4v) is 3.15. The molecule has 1 aliphatic heterocycles. The second kappa shape index (κ2) is 6.22. The summed E-state index contributed by atoms with van der Waals surface area (Å²) in [6.45, 7) is 3.82. The first kappa shape index (κ1) is 15.2. The number of aromatic nitrogens is 2. The summed E-state index contributed by atoms with van der Waals surface area (Å²) in [5.74, 6) is -0.181. The van der Waals surface area contributed by atoms with E-state index in [-0.39, 0.29) is 11.4 Å². The zero-order chi connectivity index (χ0) is 15.7. The van der Waals surface area contributed by atoms with Gasteiger partial charge in [-0.2, -0.15) is 0 Å². The van der Waals surface area contributed by atoms with Crippen LogP contribution < -0.4 is 5.56 Å². The highest BCUT2D eigenvalue weighted by atomic mass is 32.2. The van der Waals surface area contributed by atoms with Crippen molar-refractivity contribution in [3.63, 3.8) is 0 Å². The molecule has 2 aromatic rings. The number of hydrogen-bond donors (Lipinski definition) is 1. The standard InChI is InChI=1S/C16H18FN3OS/c1-10-11(4-3-5-13(10)17)8-20-7-6-14-12(9-20)15(21)19-16(18-14)22-2/h3-5H,6-9H2,1-2H3,(H,18,19,21). The van der Waals surface area contributed by atoms with Gasteiger partial charge >= 0.3 is 0 Å². The molecule has 22 heavy (non-hydrogen) atoms. The largest absolute Gasteiger partial charge is 0.301 e. The van der Waals surface area contributed by atoms with Crippen molar-refractivity contribution in [1.82, 2.24) is 14.9 Å². The molecule has 2 heterocycles. The summed E-state index contributed by atoms with van der Waals surface area (Å²) >= 11 is 1.44. The molecule has 4 nitrogen and oxygen atoms in total. The van der Waals surface area contributed by atoms with Gasteiger partial charge in [0.25, 0.3) is 5.56 Å². The lowest BCUT2D eigenvalue weighted by molar-refractivity contribution is 0.240. The molecule has 3 rings (SSSR count). The Bertz CT molecular complexity index is 760. The van der Waals surface area contributed by atoms with E-state index in [0.717, 1.165) is 29.8 Å². The van der Waals surface area contributed by atoms with Crippen LogP contribution in [0.4, 0.5) is 4.39 Å². The summed E-state index contributed by atoms with van der Waals surface area (Å²) < 4.78 is 13.6. The number of aromatic amines is 1.